The van der Waals surface area contributed by atoms with Crippen LogP contribution in [0.2, 0.25) is 5.02 Å². The summed E-state index contributed by atoms with van der Waals surface area (Å²) in [7, 11) is -3.81. The van der Waals surface area contributed by atoms with Crippen LogP contribution in [-0.4, -0.2) is 43.6 Å². The molecule has 0 aromatic heterocycles. The van der Waals surface area contributed by atoms with E-state index in [1.807, 2.05) is 24.3 Å². The molecule has 0 bridgehead atoms. The normalized spacial score (nSPS) is 13.2. The zero-order chi connectivity index (χ0) is 23.1. The third-order valence-corrected chi connectivity index (χ3v) is 5.37. The number of halogens is 1. The van der Waals surface area contributed by atoms with Gasteiger partial charge in [0.25, 0.3) is 0 Å². The van der Waals surface area contributed by atoms with E-state index in [9.17, 15) is 22.8 Å². The number of aldehydes is 1. The molecule has 0 unspecified atom stereocenters. The number of hydrogen-bond donors (Lipinski definition) is 3. The van der Waals surface area contributed by atoms with Gasteiger partial charge in [0.15, 0.2) is 0 Å². The second-order valence-corrected chi connectivity index (χ2v) is 9.34. The van der Waals surface area contributed by atoms with Crippen molar-refractivity contribution in [3.05, 3.63) is 59.1 Å². The van der Waals surface area contributed by atoms with Crippen LogP contribution in [0.1, 0.15) is 24.8 Å². The maximum absolute atomic E-state index is 12.2. The summed E-state index contributed by atoms with van der Waals surface area (Å²) in [5, 5.41) is 11.9. The zero-order valence-electron chi connectivity index (χ0n) is 16.8. The molecule has 0 fully saturated rings. The summed E-state index contributed by atoms with van der Waals surface area (Å²) < 4.78 is 26.2. The van der Waals surface area contributed by atoms with E-state index in [0.717, 1.165) is 17.4 Å². The Labute approximate surface area is 185 Å². The fourth-order valence-electron chi connectivity index (χ4n) is 3.15. The summed E-state index contributed by atoms with van der Waals surface area (Å²) in [6, 6.07) is 14.4. The van der Waals surface area contributed by atoms with E-state index in [4.69, 9.17) is 16.7 Å². The molecule has 1 amide bonds. The van der Waals surface area contributed by atoms with Crippen molar-refractivity contribution in [2.45, 2.75) is 31.3 Å². The maximum atomic E-state index is 12.2. The molecule has 0 radical (unpaired) electrons. The average molecular weight is 467 g/mol. The lowest BCUT2D eigenvalue weighted by Crippen LogP contribution is -2.62. The van der Waals surface area contributed by atoms with Gasteiger partial charge in [-0.05, 0) is 28.8 Å². The molecule has 2 aromatic rings. The molecule has 1 atom stereocenters. The maximum Gasteiger partial charge on any atom is 0.303 e. The second-order valence-electron chi connectivity index (χ2n) is 7.15. The van der Waals surface area contributed by atoms with Gasteiger partial charge in [-0.15, -0.1) is 0 Å². The van der Waals surface area contributed by atoms with Crippen LogP contribution in [0.4, 0.5) is 0 Å². The number of nitrogens with one attached hydrogen (secondary N) is 2. The van der Waals surface area contributed by atoms with Gasteiger partial charge in [-0.3, -0.25) is 9.59 Å². The quantitative estimate of drug-likeness (QED) is 0.344. The molecule has 2 rings (SSSR count). The van der Waals surface area contributed by atoms with Crippen molar-refractivity contribution in [3.63, 3.8) is 0 Å². The van der Waals surface area contributed by atoms with E-state index >= 15 is 0 Å². The highest BCUT2D eigenvalue weighted by molar-refractivity contribution is 7.88. The van der Waals surface area contributed by atoms with Gasteiger partial charge in [0.1, 0.15) is 11.9 Å². The van der Waals surface area contributed by atoms with Crippen LogP contribution in [0.5, 0.6) is 0 Å². The number of sulfonamides is 1. The first-order chi connectivity index (χ1) is 14.5. The van der Waals surface area contributed by atoms with E-state index in [-0.39, 0.29) is 19.3 Å². The summed E-state index contributed by atoms with van der Waals surface area (Å²) in [5.41, 5.74) is 0.813. The predicted octanol–water partition coefficient (Wildman–Crippen LogP) is 2.37. The third kappa shape index (κ3) is 8.12. The van der Waals surface area contributed by atoms with Crippen LogP contribution in [0, 0.1) is 0 Å². The minimum absolute atomic E-state index is 0.0204. The Morgan fingerprint density at radius 2 is 1.77 bits per heavy atom. The number of carboxylic acid groups (broad SMARTS) is 1. The van der Waals surface area contributed by atoms with E-state index < -0.39 is 34.0 Å². The first kappa shape index (κ1) is 24.5. The predicted molar refractivity (Wildman–Crippen MR) is 117 cm³/mol. The second kappa shape index (κ2) is 10.5. The Kier molecular flexibility index (Phi) is 8.32. The number of hydrogen-bond acceptors (Lipinski definition) is 5. The van der Waals surface area contributed by atoms with Gasteiger partial charge >= 0.3 is 5.97 Å². The standard InChI is InChI=1S/C21H23ClN2O6S/c1-31(29,30)24-21(11-12-25,23-19(26)9-10-20(27)28)14-15-5-7-16(8-6-15)17-3-2-4-18(22)13-17/h2-8,12-13,24H,9-11,14H2,1H3,(H,23,26)(H,27,28)/t21-/m0/s1. The lowest BCUT2D eigenvalue weighted by atomic mass is 9.95. The summed E-state index contributed by atoms with van der Waals surface area (Å²) in [6.45, 7) is 0. The fraction of sp³-hybridized carbons (Fsp3) is 0.286. The molecular formula is C21H23ClN2O6S. The van der Waals surface area contributed by atoms with Crippen molar-refractivity contribution in [1.29, 1.82) is 0 Å². The molecule has 0 saturated heterocycles. The number of carbonyl (C=O) groups is 3. The fourth-order valence-corrected chi connectivity index (χ4v) is 4.26. The monoisotopic (exact) mass is 466 g/mol. The molecule has 0 heterocycles. The first-order valence-electron chi connectivity index (χ1n) is 9.32. The van der Waals surface area contributed by atoms with Gasteiger partial charge in [-0.25, -0.2) is 8.42 Å². The minimum atomic E-state index is -3.81. The lowest BCUT2D eigenvalue weighted by molar-refractivity contribution is -0.139. The summed E-state index contributed by atoms with van der Waals surface area (Å²) >= 11 is 6.03. The number of amides is 1. The molecule has 8 nitrogen and oxygen atoms in total. The largest absolute Gasteiger partial charge is 0.481 e. The third-order valence-electron chi connectivity index (χ3n) is 4.37. The van der Waals surface area contributed by atoms with E-state index in [1.165, 1.54) is 0 Å². The molecule has 3 N–H and O–H groups in total. The van der Waals surface area contributed by atoms with Crippen LogP contribution in [0.25, 0.3) is 11.1 Å². The van der Waals surface area contributed by atoms with Crippen molar-refractivity contribution >= 4 is 39.8 Å². The average Bonchev–Trinajstić information content (AvgIpc) is 2.66. The molecule has 10 heteroatoms. The van der Waals surface area contributed by atoms with Gasteiger partial charge in [-0.1, -0.05) is 48.0 Å². The number of rotatable bonds is 11. The smallest absolute Gasteiger partial charge is 0.303 e. The van der Waals surface area contributed by atoms with Crippen molar-refractivity contribution in [2.24, 2.45) is 0 Å². The van der Waals surface area contributed by atoms with Crippen molar-refractivity contribution in [1.82, 2.24) is 10.0 Å². The lowest BCUT2D eigenvalue weighted by Gasteiger charge is -2.33. The zero-order valence-corrected chi connectivity index (χ0v) is 18.4. The van der Waals surface area contributed by atoms with Crippen molar-refractivity contribution < 1.29 is 27.9 Å². The van der Waals surface area contributed by atoms with Gasteiger partial charge in [-0.2, -0.15) is 4.72 Å². The molecule has 31 heavy (non-hydrogen) atoms. The Hall–Kier alpha value is -2.75. The van der Waals surface area contributed by atoms with Crippen molar-refractivity contribution in [2.75, 3.05) is 6.26 Å². The summed E-state index contributed by atoms with van der Waals surface area (Å²) in [5.74, 6) is -1.85. The van der Waals surface area contributed by atoms with E-state index in [2.05, 4.69) is 10.0 Å². The van der Waals surface area contributed by atoms with Gasteiger partial charge in [0.2, 0.25) is 15.9 Å². The molecule has 166 valence electrons. The van der Waals surface area contributed by atoms with Crippen LogP contribution < -0.4 is 10.0 Å². The Balaban J connectivity index is 2.31. The van der Waals surface area contributed by atoms with Crippen LogP contribution in [-0.2, 0) is 30.8 Å². The topological polar surface area (TPSA) is 130 Å². The molecule has 0 aliphatic carbocycles. The molecular weight excluding hydrogens is 444 g/mol. The van der Waals surface area contributed by atoms with E-state index in [0.29, 0.717) is 16.9 Å². The minimum Gasteiger partial charge on any atom is -0.481 e. The molecule has 0 aliphatic rings. The summed E-state index contributed by atoms with van der Waals surface area (Å²) in [6.07, 6.45) is 0.280. The Morgan fingerprint density at radius 3 is 2.32 bits per heavy atom. The molecule has 0 spiro atoms. The summed E-state index contributed by atoms with van der Waals surface area (Å²) in [4.78, 5) is 34.3. The number of benzene rings is 2. The van der Waals surface area contributed by atoms with Gasteiger partial charge in [0, 0.05) is 24.3 Å². The van der Waals surface area contributed by atoms with Crippen LogP contribution in [0.3, 0.4) is 0 Å². The number of carboxylic acids is 1. The number of aliphatic carboxylic acids is 1. The highest BCUT2D eigenvalue weighted by atomic mass is 35.5. The first-order valence-corrected chi connectivity index (χ1v) is 11.6. The Bertz CT molecular complexity index is 1060. The SMILES string of the molecule is CS(=O)(=O)N[C@@](CC=O)(Cc1ccc(-c2cccc(Cl)c2)cc1)NC(=O)CCC(=O)O. The van der Waals surface area contributed by atoms with Gasteiger partial charge < -0.3 is 15.2 Å². The highest BCUT2D eigenvalue weighted by Crippen LogP contribution is 2.24. The van der Waals surface area contributed by atoms with E-state index in [1.54, 1.807) is 24.3 Å². The van der Waals surface area contributed by atoms with Crippen molar-refractivity contribution in [3.8, 4) is 11.1 Å². The highest BCUT2D eigenvalue weighted by Gasteiger charge is 2.35. The Morgan fingerprint density at radius 1 is 1.10 bits per heavy atom. The van der Waals surface area contributed by atoms with Crippen LogP contribution >= 0.6 is 11.6 Å². The molecule has 0 aliphatic heterocycles. The van der Waals surface area contributed by atoms with Gasteiger partial charge in [0.05, 0.1) is 12.7 Å². The van der Waals surface area contributed by atoms with Crippen LogP contribution in [0.15, 0.2) is 48.5 Å². The number of carbonyl (C=O) groups excluding carboxylic acids is 2. The molecule has 2 aromatic carbocycles. The molecule has 0 saturated carbocycles.